The first-order chi connectivity index (χ1) is 10.6. The van der Waals surface area contributed by atoms with Gasteiger partial charge in [-0.15, -0.1) is 11.3 Å². The predicted molar refractivity (Wildman–Crippen MR) is 88.9 cm³/mol. The van der Waals surface area contributed by atoms with Gasteiger partial charge in [0.2, 0.25) is 11.8 Å². The van der Waals surface area contributed by atoms with Crippen molar-refractivity contribution in [3.05, 3.63) is 11.1 Å². The van der Waals surface area contributed by atoms with Crippen molar-refractivity contribution in [1.82, 2.24) is 9.88 Å². The van der Waals surface area contributed by atoms with Crippen molar-refractivity contribution in [3.8, 4) is 0 Å². The molecular formula is C16H25N3O2S. The Bertz CT molecular complexity index is 511. The minimum Gasteiger partial charge on any atom is -0.333 e. The van der Waals surface area contributed by atoms with Crippen molar-refractivity contribution in [2.24, 2.45) is 5.92 Å². The number of carbonyl (C=O) groups is 2. The van der Waals surface area contributed by atoms with Gasteiger partial charge >= 0.3 is 0 Å². The molecule has 0 spiro atoms. The van der Waals surface area contributed by atoms with Gasteiger partial charge in [0.15, 0.2) is 5.13 Å². The molecule has 1 fully saturated rings. The number of nitrogens with zero attached hydrogens (tertiary/aromatic N) is 2. The summed E-state index contributed by atoms with van der Waals surface area (Å²) in [5.74, 6) is 0.128. The molecule has 0 atom stereocenters. The van der Waals surface area contributed by atoms with Crippen LogP contribution in [0.25, 0.3) is 0 Å². The molecule has 1 saturated carbocycles. The van der Waals surface area contributed by atoms with E-state index in [9.17, 15) is 9.59 Å². The topological polar surface area (TPSA) is 62.3 Å². The zero-order chi connectivity index (χ0) is 15.9. The molecule has 122 valence electrons. The maximum absolute atomic E-state index is 12.4. The van der Waals surface area contributed by atoms with Crippen LogP contribution < -0.4 is 5.32 Å². The van der Waals surface area contributed by atoms with Gasteiger partial charge in [0, 0.05) is 17.8 Å². The summed E-state index contributed by atoms with van der Waals surface area (Å²) >= 11 is 1.41. The number of nitrogens with one attached hydrogen (secondary N) is 1. The number of hydrogen-bond acceptors (Lipinski definition) is 4. The predicted octanol–water partition coefficient (Wildman–Crippen LogP) is 3.21. The lowest BCUT2D eigenvalue weighted by Gasteiger charge is -2.31. The molecule has 1 heterocycles. The van der Waals surface area contributed by atoms with Crippen LogP contribution in [0.4, 0.5) is 5.13 Å². The minimum absolute atomic E-state index is 0.136. The van der Waals surface area contributed by atoms with E-state index >= 15 is 0 Å². The van der Waals surface area contributed by atoms with Crippen LogP contribution in [0.15, 0.2) is 5.38 Å². The average molecular weight is 323 g/mol. The Balaban J connectivity index is 1.88. The van der Waals surface area contributed by atoms with E-state index in [1.165, 1.54) is 11.3 Å². The van der Waals surface area contributed by atoms with E-state index in [4.69, 9.17) is 0 Å². The van der Waals surface area contributed by atoms with Crippen molar-refractivity contribution in [2.45, 2.75) is 52.4 Å². The molecule has 0 saturated heterocycles. The third kappa shape index (κ3) is 4.80. The normalized spacial score (nSPS) is 14.5. The van der Waals surface area contributed by atoms with Crippen LogP contribution in [0, 0.1) is 12.8 Å². The molecule has 0 aromatic carbocycles. The Morgan fingerprint density at radius 1 is 1.41 bits per heavy atom. The highest BCUT2D eigenvalue weighted by Gasteiger charge is 2.30. The van der Waals surface area contributed by atoms with Gasteiger partial charge in [-0.3, -0.25) is 9.59 Å². The number of carbonyl (C=O) groups excluding carboxylic acids is 2. The molecule has 0 aliphatic heterocycles. The molecular weight excluding hydrogens is 298 g/mol. The van der Waals surface area contributed by atoms with Gasteiger partial charge in [-0.1, -0.05) is 26.2 Å². The molecule has 6 heteroatoms. The Labute approximate surface area is 136 Å². The summed E-state index contributed by atoms with van der Waals surface area (Å²) in [6, 6.07) is 0. The van der Waals surface area contributed by atoms with Crippen molar-refractivity contribution < 1.29 is 9.59 Å². The molecule has 1 aromatic heterocycles. The molecule has 0 unspecified atom stereocenters. The zero-order valence-corrected chi connectivity index (χ0v) is 14.2. The number of thiazole rings is 1. The molecule has 2 amide bonds. The maximum Gasteiger partial charge on any atom is 0.245 e. The Kier molecular flexibility index (Phi) is 6.36. The number of rotatable bonds is 8. The highest BCUT2D eigenvalue weighted by molar-refractivity contribution is 7.13. The number of anilines is 1. The van der Waals surface area contributed by atoms with Crippen LogP contribution in [0.5, 0.6) is 0 Å². The second-order valence-corrected chi connectivity index (χ2v) is 6.80. The second-order valence-electron chi connectivity index (χ2n) is 5.94. The Morgan fingerprint density at radius 2 is 2.18 bits per heavy atom. The first-order valence-electron chi connectivity index (χ1n) is 8.11. The van der Waals surface area contributed by atoms with Crippen molar-refractivity contribution >= 4 is 28.3 Å². The number of aryl methyl sites for hydroxylation is 1. The molecule has 0 bridgehead atoms. The van der Waals surface area contributed by atoms with Gasteiger partial charge in [0.25, 0.3) is 0 Å². The molecule has 1 N–H and O–H groups in total. The molecule has 22 heavy (non-hydrogen) atoms. The van der Waals surface area contributed by atoms with E-state index in [0.29, 0.717) is 11.7 Å². The van der Waals surface area contributed by atoms with Crippen LogP contribution in [-0.4, -0.2) is 34.8 Å². The fourth-order valence-electron chi connectivity index (χ4n) is 2.48. The first-order valence-corrected chi connectivity index (χ1v) is 8.99. The number of unbranched alkanes of at least 4 members (excludes halogenated alkanes) is 2. The van der Waals surface area contributed by atoms with Crippen LogP contribution in [0.2, 0.25) is 0 Å². The zero-order valence-electron chi connectivity index (χ0n) is 13.4. The Morgan fingerprint density at radius 3 is 2.73 bits per heavy atom. The standard InChI is InChI=1S/C16H25N3O2S/c1-3-4-5-9-19(15(21)13-7-6-8-13)10-14(20)18-16-17-12(2)11-22-16/h11,13H,3-10H2,1-2H3,(H,17,18,20). The SMILES string of the molecule is CCCCCN(CC(=O)Nc1nc(C)cs1)C(=O)C1CCC1. The van der Waals surface area contributed by atoms with Crippen LogP contribution in [0.1, 0.15) is 51.1 Å². The third-order valence-electron chi connectivity index (χ3n) is 4.00. The number of aromatic nitrogens is 1. The van der Waals surface area contributed by atoms with Crippen molar-refractivity contribution in [1.29, 1.82) is 0 Å². The summed E-state index contributed by atoms with van der Waals surface area (Å²) in [7, 11) is 0. The highest BCUT2D eigenvalue weighted by atomic mass is 32.1. The van der Waals surface area contributed by atoms with Gasteiger partial charge < -0.3 is 10.2 Å². The second kappa shape index (κ2) is 8.27. The molecule has 1 aromatic rings. The van der Waals surface area contributed by atoms with E-state index in [-0.39, 0.29) is 24.3 Å². The summed E-state index contributed by atoms with van der Waals surface area (Å²) in [6.45, 7) is 4.84. The van der Waals surface area contributed by atoms with Gasteiger partial charge in [-0.05, 0) is 26.2 Å². The van der Waals surface area contributed by atoms with Gasteiger partial charge in [0.05, 0.1) is 12.2 Å². The smallest absolute Gasteiger partial charge is 0.245 e. The van der Waals surface area contributed by atoms with Crippen molar-refractivity contribution in [3.63, 3.8) is 0 Å². The summed E-state index contributed by atoms with van der Waals surface area (Å²) in [5.41, 5.74) is 0.894. The van der Waals surface area contributed by atoms with Crippen LogP contribution in [-0.2, 0) is 9.59 Å². The molecule has 0 radical (unpaired) electrons. The fourth-order valence-corrected chi connectivity index (χ4v) is 3.18. The van der Waals surface area contributed by atoms with Crippen LogP contribution >= 0.6 is 11.3 Å². The third-order valence-corrected chi connectivity index (χ3v) is 4.87. The van der Waals surface area contributed by atoms with E-state index in [2.05, 4.69) is 17.2 Å². The van der Waals surface area contributed by atoms with Gasteiger partial charge in [-0.2, -0.15) is 0 Å². The van der Waals surface area contributed by atoms with E-state index in [1.54, 1.807) is 4.90 Å². The largest absolute Gasteiger partial charge is 0.333 e. The minimum atomic E-state index is -0.154. The highest BCUT2D eigenvalue weighted by Crippen LogP contribution is 2.28. The van der Waals surface area contributed by atoms with Crippen molar-refractivity contribution in [2.75, 3.05) is 18.4 Å². The molecule has 1 aliphatic rings. The first kappa shape index (κ1) is 16.9. The summed E-state index contributed by atoms with van der Waals surface area (Å²) in [5, 5.41) is 5.29. The molecule has 1 aliphatic carbocycles. The lowest BCUT2D eigenvalue weighted by Crippen LogP contribution is -2.43. The number of hydrogen-bond donors (Lipinski definition) is 1. The fraction of sp³-hybridized carbons (Fsp3) is 0.688. The van der Waals surface area contributed by atoms with E-state index in [0.717, 1.165) is 44.2 Å². The van der Waals surface area contributed by atoms with E-state index in [1.807, 2.05) is 12.3 Å². The summed E-state index contributed by atoms with van der Waals surface area (Å²) in [6.07, 6.45) is 6.22. The number of amides is 2. The maximum atomic E-state index is 12.4. The Hall–Kier alpha value is -1.43. The lowest BCUT2D eigenvalue weighted by atomic mass is 9.84. The summed E-state index contributed by atoms with van der Waals surface area (Å²) < 4.78 is 0. The van der Waals surface area contributed by atoms with E-state index < -0.39 is 0 Å². The summed E-state index contributed by atoms with van der Waals surface area (Å²) in [4.78, 5) is 30.6. The average Bonchev–Trinajstić information content (AvgIpc) is 2.81. The monoisotopic (exact) mass is 323 g/mol. The quantitative estimate of drug-likeness (QED) is 0.747. The lowest BCUT2D eigenvalue weighted by molar-refractivity contribution is -0.140. The molecule has 5 nitrogen and oxygen atoms in total. The van der Waals surface area contributed by atoms with Gasteiger partial charge in [-0.25, -0.2) is 4.98 Å². The van der Waals surface area contributed by atoms with Crippen LogP contribution in [0.3, 0.4) is 0 Å². The molecule has 2 rings (SSSR count). The van der Waals surface area contributed by atoms with Gasteiger partial charge in [0.1, 0.15) is 0 Å².